The number of piperidine rings is 1. The van der Waals surface area contributed by atoms with Crippen LogP contribution in [0.15, 0.2) is 18.3 Å². The zero-order valence-corrected chi connectivity index (χ0v) is 12.8. The van der Waals surface area contributed by atoms with Crippen LogP contribution in [0.3, 0.4) is 0 Å². The zero-order chi connectivity index (χ0) is 15.1. The molecule has 5 nitrogen and oxygen atoms in total. The normalized spacial score (nSPS) is 27.1. The first-order valence-electron chi connectivity index (χ1n) is 7.41. The summed E-state index contributed by atoms with van der Waals surface area (Å²) in [5.74, 6) is 0.995. The average molecular weight is 315 g/mol. The van der Waals surface area contributed by atoms with Gasteiger partial charge in [0.2, 0.25) is 5.13 Å². The minimum Gasteiger partial charge on any atom is -0.364 e. The first-order chi connectivity index (χ1) is 10.7. The second-order valence-corrected chi connectivity index (χ2v) is 6.92. The maximum absolute atomic E-state index is 13.8. The summed E-state index contributed by atoms with van der Waals surface area (Å²) in [6, 6.07) is 3.32. The van der Waals surface area contributed by atoms with Crippen molar-refractivity contribution < 1.29 is 4.39 Å². The van der Waals surface area contributed by atoms with Crippen LogP contribution >= 0.6 is 11.3 Å². The fourth-order valence-electron chi connectivity index (χ4n) is 3.62. The first-order valence-corrected chi connectivity index (χ1v) is 8.23. The van der Waals surface area contributed by atoms with Crippen molar-refractivity contribution in [1.82, 2.24) is 15.2 Å². The van der Waals surface area contributed by atoms with E-state index >= 15 is 0 Å². The molecule has 2 fully saturated rings. The van der Waals surface area contributed by atoms with E-state index < -0.39 is 0 Å². The highest BCUT2D eigenvalue weighted by molar-refractivity contribution is 7.22. The highest BCUT2D eigenvalue weighted by atomic mass is 32.1. The van der Waals surface area contributed by atoms with Gasteiger partial charge in [-0.1, -0.05) is 11.3 Å². The SMILES string of the molecule is [B]c1nnc(N2CC3CCC(C2)C3Nc2ncccc2F)s1. The van der Waals surface area contributed by atoms with Crippen molar-refractivity contribution in [1.29, 1.82) is 0 Å². The smallest absolute Gasteiger partial charge is 0.207 e. The predicted molar refractivity (Wildman–Crippen MR) is 85.3 cm³/mol. The van der Waals surface area contributed by atoms with Crippen LogP contribution in [0.5, 0.6) is 0 Å². The van der Waals surface area contributed by atoms with Gasteiger partial charge in [-0.15, -0.1) is 5.10 Å². The third kappa shape index (κ3) is 2.45. The molecule has 0 amide bonds. The minimum atomic E-state index is -0.291. The highest BCUT2D eigenvalue weighted by Crippen LogP contribution is 2.40. The van der Waals surface area contributed by atoms with Gasteiger partial charge in [-0.3, -0.25) is 0 Å². The van der Waals surface area contributed by atoms with Crippen molar-refractivity contribution in [2.24, 2.45) is 11.8 Å². The van der Waals surface area contributed by atoms with Crippen LogP contribution in [0, 0.1) is 17.7 Å². The molecular formula is C14H15BFN5S. The third-order valence-corrected chi connectivity index (χ3v) is 5.41. The number of halogens is 1. The number of pyridine rings is 1. The average Bonchev–Trinajstić information content (AvgIpc) is 3.02. The Morgan fingerprint density at radius 1 is 1.27 bits per heavy atom. The Balaban J connectivity index is 1.50. The molecule has 1 saturated heterocycles. The van der Waals surface area contributed by atoms with Crippen molar-refractivity contribution in [3.8, 4) is 0 Å². The van der Waals surface area contributed by atoms with Crippen molar-refractivity contribution in [2.75, 3.05) is 23.3 Å². The molecule has 2 aliphatic rings. The first kappa shape index (κ1) is 13.9. The van der Waals surface area contributed by atoms with E-state index in [2.05, 4.69) is 25.4 Å². The monoisotopic (exact) mass is 315 g/mol. The summed E-state index contributed by atoms with van der Waals surface area (Å²) in [6.07, 6.45) is 3.90. The van der Waals surface area contributed by atoms with Crippen LogP contribution < -0.4 is 15.1 Å². The second-order valence-electron chi connectivity index (χ2n) is 5.93. The molecule has 1 aliphatic carbocycles. The Labute approximate surface area is 133 Å². The fraction of sp³-hybridized carbons (Fsp3) is 0.500. The molecule has 3 heterocycles. The number of nitrogens with one attached hydrogen (secondary N) is 1. The lowest BCUT2D eigenvalue weighted by Gasteiger charge is -2.38. The molecule has 1 N–H and O–H groups in total. The van der Waals surface area contributed by atoms with E-state index in [-0.39, 0.29) is 11.9 Å². The van der Waals surface area contributed by atoms with Crippen molar-refractivity contribution >= 4 is 35.0 Å². The zero-order valence-electron chi connectivity index (χ0n) is 11.9. The van der Waals surface area contributed by atoms with E-state index in [1.54, 1.807) is 12.3 Å². The molecule has 112 valence electrons. The molecule has 2 aromatic heterocycles. The number of anilines is 2. The van der Waals surface area contributed by atoms with E-state index in [1.165, 1.54) is 17.4 Å². The van der Waals surface area contributed by atoms with Crippen LogP contribution in [0.4, 0.5) is 15.3 Å². The summed E-state index contributed by atoms with van der Waals surface area (Å²) >= 11 is 1.42. The van der Waals surface area contributed by atoms with Crippen LogP contribution in [0.2, 0.25) is 0 Å². The summed E-state index contributed by atoms with van der Waals surface area (Å²) in [6.45, 7) is 1.80. The van der Waals surface area contributed by atoms with Gasteiger partial charge < -0.3 is 10.2 Å². The van der Waals surface area contributed by atoms with Gasteiger partial charge in [0.1, 0.15) is 0 Å². The number of nitrogens with zero attached hydrogens (tertiary/aromatic N) is 4. The Hall–Kier alpha value is -1.70. The van der Waals surface area contributed by atoms with Crippen LogP contribution in [0.25, 0.3) is 0 Å². The number of hydrogen-bond donors (Lipinski definition) is 1. The lowest BCUT2D eigenvalue weighted by Crippen LogP contribution is -2.48. The van der Waals surface area contributed by atoms with Gasteiger partial charge in [0.05, 0.1) is 4.91 Å². The lowest BCUT2D eigenvalue weighted by molar-refractivity contribution is 0.375. The van der Waals surface area contributed by atoms with Crippen LogP contribution in [0.1, 0.15) is 12.8 Å². The molecule has 1 aliphatic heterocycles. The van der Waals surface area contributed by atoms with Gasteiger partial charge in [-0.05, 0) is 36.8 Å². The molecule has 4 rings (SSSR count). The second kappa shape index (κ2) is 5.50. The van der Waals surface area contributed by atoms with Gasteiger partial charge in [0, 0.05) is 25.3 Å². The van der Waals surface area contributed by atoms with Crippen LogP contribution in [-0.4, -0.2) is 42.2 Å². The van der Waals surface area contributed by atoms with E-state index in [9.17, 15) is 4.39 Å². The van der Waals surface area contributed by atoms with Gasteiger partial charge in [-0.2, -0.15) is 5.10 Å². The maximum Gasteiger partial charge on any atom is 0.207 e. The summed E-state index contributed by atoms with van der Waals surface area (Å²) in [4.78, 5) is 6.86. The van der Waals surface area contributed by atoms with E-state index in [0.29, 0.717) is 22.6 Å². The molecule has 2 unspecified atom stereocenters. The van der Waals surface area contributed by atoms with E-state index in [4.69, 9.17) is 7.85 Å². The number of hydrogen-bond acceptors (Lipinski definition) is 6. The predicted octanol–water partition coefficient (Wildman–Crippen LogP) is 1.19. The fourth-order valence-corrected chi connectivity index (χ4v) is 4.25. The van der Waals surface area contributed by atoms with Gasteiger partial charge in [0.15, 0.2) is 19.5 Å². The molecule has 2 bridgehead atoms. The minimum absolute atomic E-state index is 0.269. The molecule has 2 aromatic rings. The molecule has 1 saturated carbocycles. The topological polar surface area (TPSA) is 53.9 Å². The largest absolute Gasteiger partial charge is 0.364 e. The number of aromatic nitrogens is 3. The molecule has 2 radical (unpaired) electrons. The van der Waals surface area contributed by atoms with Crippen molar-refractivity contribution in [3.05, 3.63) is 24.1 Å². The highest BCUT2D eigenvalue weighted by Gasteiger charge is 2.43. The standard InChI is InChI=1S/C14H15BFN5S/c15-13-19-20-14(22-13)21-6-8-3-4-9(7-21)11(8)18-12-10(16)2-1-5-17-12/h1-2,5,8-9,11H,3-4,6-7H2,(H,17,18). The summed E-state index contributed by atoms with van der Waals surface area (Å²) in [5, 5.41) is 12.2. The van der Waals surface area contributed by atoms with E-state index in [0.717, 1.165) is 31.1 Å². The van der Waals surface area contributed by atoms with Crippen LogP contribution in [-0.2, 0) is 0 Å². The third-order valence-electron chi connectivity index (χ3n) is 4.60. The Morgan fingerprint density at radius 2 is 2.05 bits per heavy atom. The van der Waals surface area contributed by atoms with Crippen molar-refractivity contribution in [3.63, 3.8) is 0 Å². The lowest BCUT2D eigenvalue weighted by atomic mass is 9.92. The molecule has 0 spiro atoms. The van der Waals surface area contributed by atoms with Gasteiger partial charge in [-0.25, -0.2) is 9.37 Å². The maximum atomic E-state index is 13.8. The van der Waals surface area contributed by atoms with E-state index in [1.807, 2.05) is 0 Å². The molecular weight excluding hydrogens is 300 g/mol. The molecule has 0 aromatic carbocycles. The summed E-state index contributed by atoms with van der Waals surface area (Å²) < 4.78 is 13.8. The summed E-state index contributed by atoms with van der Waals surface area (Å²) in [5.41, 5.74) is 0. The van der Waals surface area contributed by atoms with Crippen molar-refractivity contribution in [2.45, 2.75) is 18.9 Å². The summed E-state index contributed by atoms with van der Waals surface area (Å²) in [7, 11) is 5.67. The Morgan fingerprint density at radius 3 is 2.68 bits per heavy atom. The molecule has 8 heteroatoms. The quantitative estimate of drug-likeness (QED) is 0.863. The Bertz CT molecular complexity index is 667. The number of rotatable bonds is 3. The van der Waals surface area contributed by atoms with Gasteiger partial charge in [0.25, 0.3) is 0 Å². The van der Waals surface area contributed by atoms with Gasteiger partial charge >= 0.3 is 0 Å². The number of fused-ring (bicyclic) bond motifs is 2. The Kier molecular flexibility index (Phi) is 3.48. The molecule has 22 heavy (non-hydrogen) atoms. The molecule has 2 atom stereocenters.